The lowest BCUT2D eigenvalue weighted by Gasteiger charge is -2.10. The maximum absolute atomic E-state index is 12.9. The van der Waals surface area contributed by atoms with Crippen LogP contribution in [0.3, 0.4) is 0 Å². The lowest BCUT2D eigenvalue weighted by Crippen LogP contribution is -2.16. The molecule has 0 fully saturated rings. The number of anilines is 1. The van der Waals surface area contributed by atoms with Crippen molar-refractivity contribution in [1.29, 1.82) is 0 Å². The van der Waals surface area contributed by atoms with Gasteiger partial charge in [0.2, 0.25) is 0 Å². The molecule has 0 bridgehead atoms. The molecule has 0 aliphatic heterocycles. The van der Waals surface area contributed by atoms with E-state index in [1.54, 1.807) is 0 Å². The van der Waals surface area contributed by atoms with Gasteiger partial charge in [0.25, 0.3) is 5.91 Å². The monoisotopic (exact) mass is 390 g/mol. The van der Waals surface area contributed by atoms with Crippen molar-refractivity contribution in [2.24, 2.45) is 0 Å². The van der Waals surface area contributed by atoms with E-state index in [1.807, 2.05) is 31.2 Å². The summed E-state index contributed by atoms with van der Waals surface area (Å²) in [5, 5.41) is 10.3. The highest BCUT2D eigenvalue weighted by Crippen LogP contribution is 2.30. The molecule has 0 aliphatic carbocycles. The van der Waals surface area contributed by atoms with Crippen LogP contribution in [-0.2, 0) is 17.5 Å². The predicted molar refractivity (Wildman–Crippen MR) is 96.2 cm³/mol. The fourth-order valence-corrected chi connectivity index (χ4v) is 2.60. The minimum absolute atomic E-state index is 0.00748. The molecule has 0 atom stereocenters. The number of methoxy groups -OCH3 is 1. The zero-order valence-corrected chi connectivity index (χ0v) is 15.1. The quantitative estimate of drug-likeness (QED) is 0.715. The molecule has 0 radical (unpaired) electrons. The number of carbonyl (C=O) groups is 1. The second-order valence-electron chi connectivity index (χ2n) is 6.10. The van der Waals surface area contributed by atoms with Crippen molar-refractivity contribution >= 4 is 11.6 Å². The number of ether oxygens (including phenoxy) is 1. The molecule has 0 unspecified atom stereocenters. The summed E-state index contributed by atoms with van der Waals surface area (Å²) in [6, 6.07) is 11.8. The Morgan fingerprint density at radius 2 is 1.89 bits per heavy atom. The lowest BCUT2D eigenvalue weighted by atomic mass is 10.2. The van der Waals surface area contributed by atoms with Gasteiger partial charge in [-0.3, -0.25) is 4.79 Å². The van der Waals surface area contributed by atoms with Gasteiger partial charge in [-0.25, -0.2) is 4.68 Å². The third kappa shape index (κ3) is 4.20. The molecule has 9 heteroatoms. The van der Waals surface area contributed by atoms with Crippen LogP contribution in [0.2, 0.25) is 0 Å². The Labute approximate surface area is 158 Å². The van der Waals surface area contributed by atoms with Crippen LogP contribution in [0.5, 0.6) is 0 Å². The Hall–Kier alpha value is -3.20. The molecule has 0 saturated heterocycles. The average molecular weight is 390 g/mol. The second-order valence-corrected chi connectivity index (χ2v) is 6.10. The number of alkyl halides is 3. The maximum Gasteiger partial charge on any atom is 0.416 e. The first-order chi connectivity index (χ1) is 13.3. The number of halogens is 3. The van der Waals surface area contributed by atoms with Crippen LogP contribution in [0.1, 0.15) is 27.3 Å². The zero-order chi connectivity index (χ0) is 20.3. The maximum atomic E-state index is 12.9. The number of nitrogens with one attached hydrogen (secondary N) is 1. The summed E-state index contributed by atoms with van der Waals surface area (Å²) in [5.74, 6) is -0.676. The molecule has 3 aromatic rings. The largest absolute Gasteiger partial charge is 0.416 e. The van der Waals surface area contributed by atoms with Gasteiger partial charge >= 0.3 is 6.18 Å². The predicted octanol–water partition coefficient (Wildman–Crippen LogP) is 3.99. The number of rotatable bonds is 5. The summed E-state index contributed by atoms with van der Waals surface area (Å²) in [4.78, 5) is 12.6. The molecule has 0 spiro atoms. The number of amides is 1. The SMILES string of the molecule is COCc1c(C(=O)Nc2cccc(C(F)(F)F)c2)nnn1-c1ccc(C)cc1. The van der Waals surface area contributed by atoms with Crippen molar-refractivity contribution in [3.05, 3.63) is 71.0 Å². The zero-order valence-electron chi connectivity index (χ0n) is 15.1. The summed E-state index contributed by atoms with van der Waals surface area (Å²) < 4.78 is 45.2. The second kappa shape index (κ2) is 7.81. The van der Waals surface area contributed by atoms with E-state index >= 15 is 0 Å². The Morgan fingerprint density at radius 1 is 1.18 bits per heavy atom. The molecule has 2 aromatic carbocycles. The number of carbonyl (C=O) groups excluding carboxylic acids is 1. The van der Waals surface area contributed by atoms with Crippen LogP contribution in [0.15, 0.2) is 48.5 Å². The summed E-state index contributed by atoms with van der Waals surface area (Å²) in [7, 11) is 1.46. The van der Waals surface area contributed by atoms with Gasteiger partial charge in [-0.1, -0.05) is 29.0 Å². The van der Waals surface area contributed by atoms with Crippen molar-refractivity contribution in [1.82, 2.24) is 15.0 Å². The topological polar surface area (TPSA) is 69.0 Å². The van der Waals surface area contributed by atoms with Crippen LogP contribution in [0.25, 0.3) is 5.69 Å². The first kappa shape index (κ1) is 19.6. The van der Waals surface area contributed by atoms with E-state index in [0.717, 1.165) is 17.7 Å². The highest BCUT2D eigenvalue weighted by molar-refractivity contribution is 6.03. The smallest absolute Gasteiger partial charge is 0.378 e. The molecule has 28 heavy (non-hydrogen) atoms. The molecule has 146 valence electrons. The first-order valence-corrected chi connectivity index (χ1v) is 8.29. The van der Waals surface area contributed by atoms with Gasteiger partial charge in [-0.05, 0) is 37.3 Å². The molecule has 6 nitrogen and oxygen atoms in total. The average Bonchev–Trinajstić information content (AvgIpc) is 3.06. The summed E-state index contributed by atoms with van der Waals surface area (Å²) in [6.07, 6.45) is -4.50. The summed E-state index contributed by atoms with van der Waals surface area (Å²) in [6.45, 7) is 1.99. The van der Waals surface area contributed by atoms with Crippen LogP contribution >= 0.6 is 0 Å². The molecular formula is C19H17F3N4O2. The fourth-order valence-electron chi connectivity index (χ4n) is 2.60. The number of aromatic nitrogens is 3. The molecular weight excluding hydrogens is 373 g/mol. The van der Waals surface area contributed by atoms with Crippen LogP contribution in [0.4, 0.5) is 18.9 Å². The number of hydrogen-bond donors (Lipinski definition) is 1. The number of benzene rings is 2. The summed E-state index contributed by atoms with van der Waals surface area (Å²) >= 11 is 0. The van der Waals surface area contributed by atoms with E-state index in [1.165, 1.54) is 23.9 Å². The van der Waals surface area contributed by atoms with Crippen LogP contribution in [-0.4, -0.2) is 28.0 Å². The van der Waals surface area contributed by atoms with E-state index < -0.39 is 17.6 Å². The van der Waals surface area contributed by atoms with Crippen molar-refractivity contribution < 1.29 is 22.7 Å². The van der Waals surface area contributed by atoms with Gasteiger partial charge in [0.1, 0.15) is 5.69 Å². The Bertz CT molecular complexity index is 982. The Morgan fingerprint density at radius 3 is 2.54 bits per heavy atom. The Balaban J connectivity index is 1.91. The van der Waals surface area contributed by atoms with Gasteiger partial charge in [-0.15, -0.1) is 5.10 Å². The van der Waals surface area contributed by atoms with Crippen LogP contribution < -0.4 is 5.32 Å². The van der Waals surface area contributed by atoms with Crippen molar-refractivity contribution in [2.75, 3.05) is 12.4 Å². The first-order valence-electron chi connectivity index (χ1n) is 8.29. The van der Waals surface area contributed by atoms with E-state index in [4.69, 9.17) is 4.74 Å². The van der Waals surface area contributed by atoms with Crippen molar-refractivity contribution in [2.45, 2.75) is 19.7 Å². The highest BCUT2D eigenvalue weighted by Gasteiger charge is 2.30. The lowest BCUT2D eigenvalue weighted by molar-refractivity contribution is -0.137. The molecule has 3 rings (SSSR count). The van der Waals surface area contributed by atoms with E-state index in [0.29, 0.717) is 11.4 Å². The Kier molecular flexibility index (Phi) is 5.46. The molecule has 0 saturated carbocycles. The van der Waals surface area contributed by atoms with Gasteiger partial charge < -0.3 is 10.1 Å². The van der Waals surface area contributed by atoms with E-state index in [-0.39, 0.29) is 18.0 Å². The van der Waals surface area contributed by atoms with E-state index in [2.05, 4.69) is 15.6 Å². The highest BCUT2D eigenvalue weighted by atomic mass is 19.4. The number of aryl methyl sites for hydroxylation is 1. The van der Waals surface area contributed by atoms with E-state index in [9.17, 15) is 18.0 Å². The molecule has 1 N–H and O–H groups in total. The van der Waals surface area contributed by atoms with Gasteiger partial charge in [-0.2, -0.15) is 13.2 Å². The molecule has 1 heterocycles. The molecule has 1 aromatic heterocycles. The normalized spacial score (nSPS) is 11.5. The van der Waals surface area contributed by atoms with Gasteiger partial charge in [0.15, 0.2) is 5.69 Å². The van der Waals surface area contributed by atoms with Crippen molar-refractivity contribution in [3.63, 3.8) is 0 Å². The third-order valence-electron chi connectivity index (χ3n) is 3.99. The van der Waals surface area contributed by atoms with Gasteiger partial charge in [0, 0.05) is 12.8 Å². The molecule has 1 amide bonds. The minimum atomic E-state index is -4.50. The van der Waals surface area contributed by atoms with Crippen molar-refractivity contribution in [3.8, 4) is 5.69 Å². The fraction of sp³-hybridized carbons (Fsp3) is 0.211. The standard InChI is InChI=1S/C19H17F3N4O2/c1-12-6-8-15(9-7-12)26-16(11-28-2)17(24-25-26)18(27)23-14-5-3-4-13(10-14)19(20,21)22/h3-10H,11H2,1-2H3,(H,23,27). The molecule has 0 aliphatic rings. The summed E-state index contributed by atoms with van der Waals surface area (Å²) in [5.41, 5.74) is 1.25. The third-order valence-corrected chi connectivity index (χ3v) is 3.99. The minimum Gasteiger partial charge on any atom is -0.378 e. The van der Waals surface area contributed by atoms with Crippen LogP contribution in [0, 0.1) is 6.92 Å². The van der Waals surface area contributed by atoms with Gasteiger partial charge in [0.05, 0.1) is 17.9 Å². The number of hydrogen-bond acceptors (Lipinski definition) is 4. The number of nitrogens with zero attached hydrogens (tertiary/aromatic N) is 3.